The lowest BCUT2D eigenvalue weighted by Gasteiger charge is -2.36. The van der Waals surface area contributed by atoms with Gasteiger partial charge in [0.15, 0.2) is 5.78 Å². The third-order valence-electron chi connectivity index (χ3n) is 5.08. The van der Waals surface area contributed by atoms with E-state index in [1.807, 2.05) is 24.8 Å². The highest BCUT2D eigenvalue weighted by molar-refractivity contribution is 8.00. The summed E-state index contributed by atoms with van der Waals surface area (Å²) in [6.07, 6.45) is 0. The van der Waals surface area contributed by atoms with Gasteiger partial charge in [-0.3, -0.25) is 9.59 Å². The zero-order valence-corrected chi connectivity index (χ0v) is 18.1. The molecule has 0 atom stereocenters. The Morgan fingerprint density at radius 1 is 1.20 bits per heavy atom. The number of nitrogens with zero attached hydrogens (tertiary/aromatic N) is 4. The smallest absolute Gasteiger partial charge is 0.233 e. The van der Waals surface area contributed by atoms with Gasteiger partial charge in [-0.2, -0.15) is 5.26 Å². The first-order valence-corrected chi connectivity index (χ1v) is 10.6. The number of benzene rings is 1. The van der Waals surface area contributed by atoms with Crippen LogP contribution >= 0.6 is 11.8 Å². The molecule has 0 radical (unpaired) electrons. The fourth-order valence-electron chi connectivity index (χ4n) is 3.44. The van der Waals surface area contributed by atoms with Gasteiger partial charge in [0.2, 0.25) is 5.91 Å². The molecule has 0 spiro atoms. The SMILES string of the molecule is CC(=O)c1ccc(N2CCN(C(=O)CSc3nc(C)cc(C)c3C#N)CC2)c(F)c1. The summed E-state index contributed by atoms with van der Waals surface area (Å²) in [5, 5.41) is 9.94. The number of carbonyl (C=O) groups is 2. The third kappa shape index (κ3) is 4.79. The normalized spacial score (nSPS) is 13.8. The van der Waals surface area contributed by atoms with Crippen LogP contribution in [0, 0.1) is 31.0 Å². The van der Waals surface area contributed by atoms with Gasteiger partial charge in [-0.05, 0) is 50.6 Å². The molecule has 0 aliphatic carbocycles. The van der Waals surface area contributed by atoms with Crippen LogP contribution in [0.5, 0.6) is 0 Å². The Morgan fingerprint density at radius 3 is 2.50 bits per heavy atom. The van der Waals surface area contributed by atoms with Crippen LogP contribution < -0.4 is 4.90 Å². The van der Waals surface area contributed by atoms with E-state index in [4.69, 9.17) is 0 Å². The number of aromatic nitrogens is 1. The number of ketones is 1. The van der Waals surface area contributed by atoms with Crippen molar-refractivity contribution in [3.05, 3.63) is 52.5 Å². The van der Waals surface area contributed by atoms with Crippen molar-refractivity contribution >= 4 is 29.1 Å². The Hall–Kier alpha value is -2.92. The zero-order chi connectivity index (χ0) is 21.8. The Labute approximate surface area is 179 Å². The summed E-state index contributed by atoms with van der Waals surface area (Å²) in [6, 6.07) is 8.52. The monoisotopic (exact) mass is 426 g/mol. The number of hydrogen-bond donors (Lipinski definition) is 0. The molecule has 30 heavy (non-hydrogen) atoms. The van der Waals surface area contributed by atoms with Gasteiger partial charge in [0.05, 0.1) is 17.0 Å². The van der Waals surface area contributed by atoms with E-state index in [2.05, 4.69) is 11.1 Å². The quantitative estimate of drug-likeness (QED) is 0.539. The Balaban J connectivity index is 1.59. The molecule has 0 saturated carbocycles. The summed E-state index contributed by atoms with van der Waals surface area (Å²) in [5.41, 5.74) is 2.96. The van der Waals surface area contributed by atoms with Crippen molar-refractivity contribution in [2.75, 3.05) is 36.8 Å². The van der Waals surface area contributed by atoms with Crippen molar-refractivity contribution < 1.29 is 14.0 Å². The van der Waals surface area contributed by atoms with Crippen LogP contribution in [0.4, 0.5) is 10.1 Å². The van der Waals surface area contributed by atoms with Crippen LogP contribution in [0.3, 0.4) is 0 Å². The highest BCUT2D eigenvalue weighted by atomic mass is 32.2. The highest BCUT2D eigenvalue weighted by Crippen LogP contribution is 2.25. The molecule has 3 rings (SSSR count). The molecule has 1 aromatic carbocycles. The van der Waals surface area contributed by atoms with E-state index in [0.717, 1.165) is 11.3 Å². The maximum atomic E-state index is 14.4. The molecule has 1 amide bonds. The van der Waals surface area contributed by atoms with Gasteiger partial charge < -0.3 is 9.80 Å². The Morgan fingerprint density at radius 2 is 1.90 bits per heavy atom. The molecule has 2 aromatic rings. The maximum absolute atomic E-state index is 14.4. The number of piperazine rings is 1. The molecule has 1 aliphatic rings. The third-order valence-corrected chi connectivity index (χ3v) is 6.04. The van der Waals surface area contributed by atoms with Gasteiger partial charge in [-0.1, -0.05) is 11.8 Å². The van der Waals surface area contributed by atoms with Crippen LogP contribution in [0.2, 0.25) is 0 Å². The van der Waals surface area contributed by atoms with E-state index in [0.29, 0.717) is 48.0 Å². The van der Waals surface area contributed by atoms with Crippen molar-refractivity contribution in [3.8, 4) is 6.07 Å². The number of hydrogen-bond acceptors (Lipinski definition) is 6. The number of carbonyl (C=O) groups excluding carboxylic acids is 2. The summed E-state index contributed by atoms with van der Waals surface area (Å²) < 4.78 is 14.4. The van der Waals surface area contributed by atoms with Crippen molar-refractivity contribution in [2.24, 2.45) is 0 Å². The largest absolute Gasteiger partial charge is 0.366 e. The molecule has 6 nitrogen and oxygen atoms in total. The molecule has 1 fully saturated rings. The molecule has 0 unspecified atom stereocenters. The minimum atomic E-state index is -0.428. The molecule has 1 aliphatic heterocycles. The fourth-order valence-corrected chi connectivity index (χ4v) is 4.45. The minimum Gasteiger partial charge on any atom is -0.366 e. The number of Topliss-reactive ketones (excluding diaryl/α,β-unsaturated/α-hetero) is 1. The van der Waals surface area contributed by atoms with Gasteiger partial charge in [-0.15, -0.1) is 0 Å². The van der Waals surface area contributed by atoms with Crippen LogP contribution in [-0.4, -0.2) is 53.5 Å². The van der Waals surface area contributed by atoms with Gasteiger partial charge in [-0.25, -0.2) is 9.37 Å². The summed E-state index contributed by atoms with van der Waals surface area (Å²) in [5.74, 6) is -0.433. The highest BCUT2D eigenvalue weighted by Gasteiger charge is 2.23. The van der Waals surface area contributed by atoms with Gasteiger partial charge in [0.25, 0.3) is 0 Å². The van der Waals surface area contributed by atoms with Crippen molar-refractivity contribution in [1.29, 1.82) is 5.26 Å². The average molecular weight is 427 g/mol. The molecule has 156 valence electrons. The van der Waals surface area contributed by atoms with E-state index in [9.17, 15) is 19.2 Å². The summed E-state index contributed by atoms with van der Waals surface area (Å²) in [4.78, 5) is 32.1. The predicted octanol–water partition coefficient (Wildman–Crippen LogP) is 3.35. The van der Waals surface area contributed by atoms with E-state index in [-0.39, 0.29) is 17.4 Å². The van der Waals surface area contributed by atoms with Crippen LogP contribution in [0.15, 0.2) is 29.3 Å². The number of aryl methyl sites for hydroxylation is 2. The molecule has 0 bridgehead atoms. The lowest BCUT2D eigenvalue weighted by molar-refractivity contribution is -0.128. The summed E-state index contributed by atoms with van der Waals surface area (Å²) in [6.45, 7) is 7.12. The van der Waals surface area contributed by atoms with E-state index >= 15 is 0 Å². The zero-order valence-electron chi connectivity index (χ0n) is 17.2. The van der Waals surface area contributed by atoms with Crippen LogP contribution in [-0.2, 0) is 4.79 Å². The van der Waals surface area contributed by atoms with Crippen molar-refractivity contribution in [2.45, 2.75) is 25.8 Å². The summed E-state index contributed by atoms with van der Waals surface area (Å²) in [7, 11) is 0. The van der Waals surface area contributed by atoms with E-state index in [1.165, 1.54) is 24.8 Å². The molecule has 0 N–H and O–H groups in total. The molecule has 1 aromatic heterocycles. The number of thioether (sulfide) groups is 1. The fraction of sp³-hybridized carbons (Fsp3) is 0.364. The van der Waals surface area contributed by atoms with Crippen molar-refractivity contribution in [3.63, 3.8) is 0 Å². The number of halogens is 1. The molecular formula is C22H23FN4O2S. The first-order chi connectivity index (χ1) is 14.3. The molecule has 1 saturated heterocycles. The van der Waals surface area contributed by atoms with Crippen LogP contribution in [0.25, 0.3) is 0 Å². The Kier molecular flexibility index (Phi) is 6.73. The van der Waals surface area contributed by atoms with Crippen LogP contribution in [0.1, 0.15) is 34.1 Å². The van der Waals surface area contributed by atoms with Gasteiger partial charge in [0, 0.05) is 37.4 Å². The lowest BCUT2D eigenvalue weighted by Crippen LogP contribution is -2.49. The molecule has 2 heterocycles. The first-order valence-electron chi connectivity index (χ1n) is 9.64. The molecule has 8 heteroatoms. The maximum Gasteiger partial charge on any atom is 0.233 e. The van der Waals surface area contributed by atoms with Gasteiger partial charge in [0.1, 0.15) is 16.9 Å². The second kappa shape index (κ2) is 9.26. The first kappa shape index (κ1) is 21.8. The topological polar surface area (TPSA) is 77.3 Å². The van der Waals surface area contributed by atoms with Gasteiger partial charge >= 0.3 is 0 Å². The second-order valence-corrected chi connectivity index (χ2v) is 8.22. The lowest BCUT2D eigenvalue weighted by atomic mass is 10.1. The average Bonchev–Trinajstić information content (AvgIpc) is 2.71. The standard InChI is InChI=1S/C22H23FN4O2S/c1-14-10-15(2)25-22(18(14)12-24)30-13-21(29)27-8-6-26(7-9-27)20-5-4-17(16(3)28)11-19(20)23/h4-5,10-11H,6-9,13H2,1-3H3. The number of anilines is 1. The number of nitriles is 1. The van der Waals surface area contributed by atoms with Crippen molar-refractivity contribution in [1.82, 2.24) is 9.88 Å². The van der Waals surface area contributed by atoms with E-state index < -0.39 is 5.82 Å². The Bertz CT molecular complexity index is 1030. The predicted molar refractivity (Wildman–Crippen MR) is 114 cm³/mol. The second-order valence-electron chi connectivity index (χ2n) is 7.25. The number of rotatable bonds is 5. The minimum absolute atomic E-state index is 0.0306. The van der Waals surface area contributed by atoms with E-state index in [1.54, 1.807) is 17.0 Å². The summed E-state index contributed by atoms with van der Waals surface area (Å²) >= 11 is 1.28. The number of amides is 1. The molecular weight excluding hydrogens is 403 g/mol. The number of pyridine rings is 1.